The number of rotatable bonds is 10. The normalized spacial score (nSPS) is 29.1. The molecule has 0 bridgehead atoms. The molecule has 0 spiro atoms. The molecule has 0 aromatic heterocycles. The molecule has 6 rings (SSSR count). The third-order valence-electron chi connectivity index (χ3n) is 10.3. The third kappa shape index (κ3) is 7.02. The second-order valence-corrected chi connectivity index (χ2v) is 13.4. The molecule has 4 fully saturated rings. The lowest BCUT2D eigenvalue weighted by Gasteiger charge is -2.45. The van der Waals surface area contributed by atoms with E-state index in [0.29, 0.717) is 32.0 Å². The highest BCUT2D eigenvalue weighted by Gasteiger charge is 2.47. The Hall–Kier alpha value is -2.69. The van der Waals surface area contributed by atoms with Gasteiger partial charge in [0.15, 0.2) is 0 Å². The van der Waals surface area contributed by atoms with E-state index >= 15 is 0 Å². The summed E-state index contributed by atoms with van der Waals surface area (Å²) in [6.45, 7) is 4.85. The summed E-state index contributed by atoms with van der Waals surface area (Å²) < 4.78 is 12.1. The van der Waals surface area contributed by atoms with Crippen LogP contribution in [0.15, 0.2) is 24.3 Å². The summed E-state index contributed by atoms with van der Waals surface area (Å²) in [5, 5.41) is 9.40. The summed E-state index contributed by atoms with van der Waals surface area (Å²) in [6, 6.07) is 6.10. The number of nitrogens with zero attached hydrogens (tertiary/aromatic N) is 2. The average Bonchev–Trinajstić information content (AvgIpc) is 3.79. The van der Waals surface area contributed by atoms with Crippen molar-refractivity contribution in [1.82, 2.24) is 25.8 Å². The molecule has 2 saturated heterocycles. The van der Waals surface area contributed by atoms with Crippen molar-refractivity contribution in [3.8, 4) is 5.75 Å². The number of para-hydroxylation sites is 1. The smallest absolute Gasteiger partial charge is 0.246 e. The first-order chi connectivity index (χ1) is 20.9. The number of carbonyl (C=O) groups excluding carboxylic acids is 3. The van der Waals surface area contributed by atoms with Gasteiger partial charge in [0.2, 0.25) is 17.7 Å². The van der Waals surface area contributed by atoms with Gasteiger partial charge in [-0.05, 0) is 64.0 Å². The number of benzene rings is 1. The minimum Gasteiger partial charge on any atom is -0.493 e. The van der Waals surface area contributed by atoms with Crippen LogP contribution in [-0.4, -0.2) is 97.7 Å². The van der Waals surface area contributed by atoms with Gasteiger partial charge < -0.3 is 30.3 Å². The van der Waals surface area contributed by atoms with Crippen LogP contribution in [0.5, 0.6) is 5.75 Å². The van der Waals surface area contributed by atoms with Gasteiger partial charge in [-0.25, -0.2) is 0 Å². The van der Waals surface area contributed by atoms with Gasteiger partial charge in [0.1, 0.15) is 17.8 Å². The summed E-state index contributed by atoms with van der Waals surface area (Å²) in [6.07, 6.45) is 9.22. The molecule has 2 saturated carbocycles. The zero-order chi connectivity index (χ0) is 29.9. The number of likely N-dealkylation sites (N-methyl/N-ethyl adjacent to an activating group) is 1. The number of ether oxygens (including phenoxy) is 2. The van der Waals surface area contributed by atoms with Gasteiger partial charge in [0.25, 0.3) is 0 Å². The van der Waals surface area contributed by atoms with Crippen molar-refractivity contribution in [2.45, 2.75) is 101 Å². The molecule has 10 nitrogen and oxygen atoms in total. The molecule has 5 aliphatic rings. The van der Waals surface area contributed by atoms with Gasteiger partial charge >= 0.3 is 0 Å². The van der Waals surface area contributed by atoms with Gasteiger partial charge in [-0.1, -0.05) is 37.5 Å². The Labute approximate surface area is 255 Å². The van der Waals surface area contributed by atoms with E-state index in [1.54, 1.807) is 18.9 Å². The van der Waals surface area contributed by atoms with E-state index in [0.717, 1.165) is 63.0 Å². The van der Waals surface area contributed by atoms with Gasteiger partial charge in [0, 0.05) is 44.3 Å². The molecule has 3 amide bonds. The van der Waals surface area contributed by atoms with E-state index in [1.807, 2.05) is 24.3 Å². The maximum Gasteiger partial charge on any atom is 0.246 e. The van der Waals surface area contributed by atoms with Crippen molar-refractivity contribution < 1.29 is 23.9 Å². The van der Waals surface area contributed by atoms with Crippen LogP contribution in [0.25, 0.3) is 0 Å². The highest BCUT2D eigenvalue weighted by molar-refractivity contribution is 5.93. The number of amides is 3. The van der Waals surface area contributed by atoms with E-state index in [1.165, 1.54) is 12.8 Å². The average molecular weight is 596 g/mol. The SMILES string of the molecule is CN[C@@H](C)C(=O)N[C@H](C(=O)N1C[C@H]2C[C@@H](OCC3CC3)CN2C[C@H]1C(=O)N[C@@H]1CCOc2ccccc21)C1CCCCC1. The maximum absolute atomic E-state index is 14.6. The Morgan fingerprint density at radius 3 is 2.58 bits per heavy atom. The fourth-order valence-electron chi connectivity index (χ4n) is 7.37. The Balaban J connectivity index is 1.24. The number of hydrogen-bond acceptors (Lipinski definition) is 7. The lowest BCUT2D eigenvalue weighted by molar-refractivity contribution is -0.149. The van der Waals surface area contributed by atoms with Crippen LogP contribution in [0.1, 0.15) is 76.3 Å². The zero-order valence-electron chi connectivity index (χ0n) is 25.8. The lowest BCUT2D eigenvalue weighted by atomic mass is 9.82. The monoisotopic (exact) mass is 595 g/mol. The second kappa shape index (κ2) is 13.5. The largest absolute Gasteiger partial charge is 0.493 e. The molecule has 3 N–H and O–H groups in total. The Kier molecular flexibility index (Phi) is 9.54. The predicted molar refractivity (Wildman–Crippen MR) is 162 cm³/mol. The lowest BCUT2D eigenvalue weighted by Crippen LogP contribution is -2.66. The fraction of sp³-hybridized carbons (Fsp3) is 0.727. The summed E-state index contributed by atoms with van der Waals surface area (Å²) in [5.74, 6) is 1.10. The van der Waals surface area contributed by atoms with Gasteiger partial charge in [-0.2, -0.15) is 0 Å². The maximum atomic E-state index is 14.6. The van der Waals surface area contributed by atoms with Crippen LogP contribution < -0.4 is 20.7 Å². The topological polar surface area (TPSA) is 112 Å². The van der Waals surface area contributed by atoms with Gasteiger partial charge in [0.05, 0.1) is 24.8 Å². The Morgan fingerprint density at radius 2 is 1.81 bits per heavy atom. The summed E-state index contributed by atoms with van der Waals surface area (Å²) in [4.78, 5) is 46.0. The molecular weight excluding hydrogens is 546 g/mol. The molecule has 1 aromatic rings. The number of piperazine rings is 1. The standard InChI is InChI=1S/C33H49N5O5/c1-21(34-2)31(39)36-30(23-8-4-3-5-9-23)33(41)38-17-24-16-25(43-20-22-12-13-22)18-37(24)19-28(38)32(40)35-27-14-15-42-29-11-7-6-10-26(27)29/h6-7,10-11,21-25,27-28,30,34H,3-5,8-9,12-20H2,1-2H3,(H,35,40)(H,36,39)/t21-,24+,25+,27+,28-,30-/m0/s1. The first-order valence-corrected chi connectivity index (χ1v) is 16.6. The molecule has 43 heavy (non-hydrogen) atoms. The van der Waals surface area contributed by atoms with E-state index in [-0.39, 0.29) is 41.8 Å². The van der Waals surface area contributed by atoms with Crippen molar-refractivity contribution in [3.63, 3.8) is 0 Å². The number of carbonyl (C=O) groups is 3. The fourth-order valence-corrected chi connectivity index (χ4v) is 7.37. The van der Waals surface area contributed by atoms with Gasteiger partial charge in [-0.3, -0.25) is 19.3 Å². The molecule has 2 aliphatic carbocycles. The van der Waals surface area contributed by atoms with Crippen LogP contribution in [0.4, 0.5) is 0 Å². The molecule has 3 heterocycles. The molecule has 236 valence electrons. The van der Waals surface area contributed by atoms with Gasteiger partial charge in [-0.15, -0.1) is 0 Å². The summed E-state index contributed by atoms with van der Waals surface area (Å²) in [7, 11) is 1.75. The number of nitrogens with one attached hydrogen (secondary N) is 3. The first-order valence-electron chi connectivity index (χ1n) is 16.6. The molecule has 0 radical (unpaired) electrons. The first kappa shape index (κ1) is 30.3. The van der Waals surface area contributed by atoms with Crippen LogP contribution >= 0.6 is 0 Å². The van der Waals surface area contributed by atoms with E-state index in [2.05, 4.69) is 20.9 Å². The van der Waals surface area contributed by atoms with Crippen molar-refractivity contribution in [3.05, 3.63) is 29.8 Å². The Bertz CT molecular complexity index is 1150. The van der Waals surface area contributed by atoms with Crippen molar-refractivity contribution in [2.75, 3.05) is 39.9 Å². The van der Waals surface area contributed by atoms with E-state index in [4.69, 9.17) is 9.47 Å². The van der Waals surface area contributed by atoms with Crippen molar-refractivity contribution in [1.29, 1.82) is 0 Å². The van der Waals surface area contributed by atoms with Crippen LogP contribution in [0, 0.1) is 11.8 Å². The highest BCUT2D eigenvalue weighted by Crippen LogP contribution is 2.35. The number of hydrogen-bond donors (Lipinski definition) is 3. The van der Waals surface area contributed by atoms with Crippen LogP contribution in [0.3, 0.4) is 0 Å². The molecule has 0 unspecified atom stereocenters. The summed E-state index contributed by atoms with van der Waals surface area (Å²) in [5.41, 5.74) is 0.969. The molecular formula is C33H49N5O5. The quantitative estimate of drug-likeness (QED) is 0.381. The van der Waals surface area contributed by atoms with Crippen LogP contribution in [0.2, 0.25) is 0 Å². The van der Waals surface area contributed by atoms with E-state index < -0.39 is 18.1 Å². The summed E-state index contributed by atoms with van der Waals surface area (Å²) >= 11 is 0. The molecule has 6 atom stereocenters. The highest BCUT2D eigenvalue weighted by atomic mass is 16.5. The molecule has 1 aromatic carbocycles. The number of fused-ring (bicyclic) bond motifs is 2. The molecule has 3 aliphatic heterocycles. The zero-order valence-corrected chi connectivity index (χ0v) is 25.8. The predicted octanol–water partition coefficient (Wildman–Crippen LogP) is 2.38. The van der Waals surface area contributed by atoms with Crippen molar-refractivity contribution in [2.24, 2.45) is 11.8 Å². The molecule has 10 heteroatoms. The minimum atomic E-state index is -0.648. The third-order valence-corrected chi connectivity index (χ3v) is 10.3. The Morgan fingerprint density at radius 1 is 1.02 bits per heavy atom. The van der Waals surface area contributed by atoms with Crippen LogP contribution in [-0.2, 0) is 19.1 Å². The van der Waals surface area contributed by atoms with Crippen molar-refractivity contribution >= 4 is 17.7 Å². The second-order valence-electron chi connectivity index (χ2n) is 13.4. The van der Waals surface area contributed by atoms with E-state index in [9.17, 15) is 14.4 Å². The minimum absolute atomic E-state index is 0.0663.